The number of imide groups is 1. The second kappa shape index (κ2) is 8.67. The van der Waals surface area contributed by atoms with Crippen molar-refractivity contribution in [1.82, 2.24) is 15.1 Å². The Morgan fingerprint density at radius 1 is 1.00 bits per heavy atom. The number of benzene rings is 2. The molecule has 7 heteroatoms. The highest BCUT2D eigenvalue weighted by Crippen LogP contribution is 2.26. The Balaban J connectivity index is 1.42. The predicted molar refractivity (Wildman–Crippen MR) is 112 cm³/mol. The fourth-order valence-corrected chi connectivity index (χ4v) is 3.92. The van der Waals surface area contributed by atoms with E-state index in [1.165, 1.54) is 23.8 Å². The molecule has 3 amide bonds. The standard InChI is InChI=1S/C23H25N3O4/c1-30-18-7-4-16(5-8-18)15-26-22(28)19-9-6-17(14-20(19)23(26)29)21(27)24-10-13-25-11-2-3-12-25/h4-9,14H,2-3,10-13,15H2,1H3,(H,24,27). The zero-order valence-corrected chi connectivity index (χ0v) is 17.0. The number of carbonyl (C=O) groups excluding carboxylic acids is 3. The number of carbonyl (C=O) groups is 3. The van der Waals surface area contributed by atoms with Crippen LogP contribution in [0, 0.1) is 0 Å². The number of nitrogens with one attached hydrogen (secondary N) is 1. The lowest BCUT2D eigenvalue weighted by Crippen LogP contribution is -2.33. The summed E-state index contributed by atoms with van der Waals surface area (Å²) in [6.45, 7) is 3.72. The summed E-state index contributed by atoms with van der Waals surface area (Å²) in [6, 6.07) is 11.9. The van der Waals surface area contributed by atoms with Crippen LogP contribution in [0.15, 0.2) is 42.5 Å². The van der Waals surface area contributed by atoms with Crippen molar-refractivity contribution in [1.29, 1.82) is 0 Å². The van der Waals surface area contributed by atoms with Crippen LogP contribution in [-0.4, -0.2) is 60.8 Å². The smallest absolute Gasteiger partial charge is 0.261 e. The molecule has 0 bridgehead atoms. The molecule has 0 radical (unpaired) electrons. The van der Waals surface area contributed by atoms with Crippen molar-refractivity contribution in [3.8, 4) is 5.75 Å². The molecule has 0 aromatic heterocycles. The first-order valence-electron chi connectivity index (χ1n) is 10.2. The van der Waals surface area contributed by atoms with Gasteiger partial charge in [0.05, 0.1) is 24.8 Å². The SMILES string of the molecule is COc1ccc(CN2C(=O)c3ccc(C(=O)NCCN4CCCC4)cc3C2=O)cc1. The molecule has 0 aliphatic carbocycles. The Hall–Kier alpha value is -3.19. The van der Waals surface area contributed by atoms with Crippen molar-refractivity contribution in [2.45, 2.75) is 19.4 Å². The zero-order valence-electron chi connectivity index (χ0n) is 17.0. The summed E-state index contributed by atoms with van der Waals surface area (Å²) < 4.78 is 5.14. The third-order valence-corrected chi connectivity index (χ3v) is 5.64. The number of nitrogens with zero attached hydrogens (tertiary/aromatic N) is 2. The van der Waals surface area contributed by atoms with Crippen molar-refractivity contribution in [2.24, 2.45) is 0 Å². The van der Waals surface area contributed by atoms with E-state index in [1.54, 1.807) is 31.4 Å². The molecule has 156 valence electrons. The van der Waals surface area contributed by atoms with Gasteiger partial charge in [0.1, 0.15) is 5.75 Å². The van der Waals surface area contributed by atoms with Crippen LogP contribution in [0.5, 0.6) is 5.75 Å². The van der Waals surface area contributed by atoms with Crippen LogP contribution in [0.25, 0.3) is 0 Å². The van der Waals surface area contributed by atoms with E-state index in [0.29, 0.717) is 23.4 Å². The Morgan fingerprint density at radius 3 is 2.40 bits per heavy atom. The van der Waals surface area contributed by atoms with Gasteiger partial charge in [-0.15, -0.1) is 0 Å². The molecule has 2 aromatic carbocycles. The molecule has 2 aliphatic rings. The average Bonchev–Trinajstić information content (AvgIpc) is 3.37. The second-order valence-corrected chi connectivity index (χ2v) is 7.61. The van der Waals surface area contributed by atoms with Crippen LogP contribution in [0.4, 0.5) is 0 Å². The Labute approximate surface area is 175 Å². The molecular weight excluding hydrogens is 382 g/mol. The molecule has 0 unspecified atom stereocenters. The topological polar surface area (TPSA) is 79.0 Å². The molecule has 1 fully saturated rings. The van der Waals surface area contributed by atoms with E-state index in [9.17, 15) is 14.4 Å². The molecule has 1 saturated heterocycles. The van der Waals surface area contributed by atoms with Crippen LogP contribution in [0.3, 0.4) is 0 Å². The van der Waals surface area contributed by atoms with E-state index in [1.807, 2.05) is 12.1 Å². The second-order valence-electron chi connectivity index (χ2n) is 7.61. The van der Waals surface area contributed by atoms with Crippen molar-refractivity contribution in [3.63, 3.8) is 0 Å². The molecule has 30 heavy (non-hydrogen) atoms. The summed E-state index contributed by atoms with van der Waals surface area (Å²) in [5.41, 5.74) is 1.83. The number of rotatable bonds is 7. The third-order valence-electron chi connectivity index (χ3n) is 5.64. The van der Waals surface area contributed by atoms with Gasteiger partial charge in [-0.25, -0.2) is 0 Å². The summed E-state index contributed by atoms with van der Waals surface area (Å²) in [5, 5.41) is 2.90. The first-order chi connectivity index (χ1) is 14.6. The average molecular weight is 407 g/mol. The zero-order chi connectivity index (χ0) is 21.1. The molecular formula is C23H25N3O4. The van der Waals surface area contributed by atoms with Crippen molar-refractivity contribution < 1.29 is 19.1 Å². The lowest BCUT2D eigenvalue weighted by atomic mass is 10.1. The van der Waals surface area contributed by atoms with E-state index < -0.39 is 0 Å². The summed E-state index contributed by atoms with van der Waals surface area (Å²) in [6.07, 6.45) is 2.42. The molecule has 0 atom stereocenters. The van der Waals surface area contributed by atoms with Crippen LogP contribution in [0.2, 0.25) is 0 Å². The third kappa shape index (κ3) is 4.07. The molecule has 0 spiro atoms. The number of amides is 3. The summed E-state index contributed by atoms with van der Waals surface area (Å²) in [5.74, 6) is -0.239. The summed E-state index contributed by atoms with van der Waals surface area (Å²) in [4.78, 5) is 41.6. The van der Waals surface area contributed by atoms with Gasteiger partial charge >= 0.3 is 0 Å². The Bertz CT molecular complexity index is 965. The van der Waals surface area contributed by atoms with Gasteiger partial charge in [-0.05, 0) is 61.8 Å². The van der Waals surface area contributed by atoms with Gasteiger partial charge in [0, 0.05) is 18.7 Å². The number of ether oxygens (including phenoxy) is 1. The molecule has 4 rings (SSSR count). The monoisotopic (exact) mass is 407 g/mol. The highest BCUT2D eigenvalue weighted by molar-refractivity contribution is 6.22. The lowest BCUT2D eigenvalue weighted by Gasteiger charge is -2.14. The Kier molecular flexibility index (Phi) is 5.81. The van der Waals surface area contributed by atoms with Gasteiger partial charge in [0.15, 0.2) is 0 Å². The van der Waals surface area contributed by atoms with Gasteiger partial charge in [-0.2, -0.15) is 0 Å². The molecule has 2 heterocycles. The number of likely N-dealkylation sites (tertiary alicyclic amines) is 1. The Morgan fingerprint density at radius 2 is 1.70 bits per heavy atom. The van der Waals surface area contributed by atoms with E-state index in [2.05, 4.69) is 10.2 Å². The van der Waals surface area contributed by atoms with E-state index in [4.69, 9.17) is 4.74 Å². The first-order valence-corrected chi connectivity index (χ1v) is 10.2. The van der Waals surface area contributed by atoms with Gasteiger partial charge < -0.3 is 15.0 Å². The fraction of sp³-hybridized carbons (Fsp3) is 0.348. The molecule has 2 aromatic rings. The lowest BCUT2D eigenvalue weighted by molar-refractivity contribution is 0.0642. The maximum absolute atomic E-state index is 12.8. The number of hydrogen-bond acceptors (Lipinski definition) is 5. The normalized spacial score (nSPS) is 16.1. The van der Waals surface area contributed by atoms with Crippen LogP contribution >= 0.6 is 0 Å². The minimum atomic E-state index is -0.377. The number of fused-ring (bicyclic) bond motifs is 1. The molecule has 7 nitrogen and oxygen atoms in total. The van der Waals surface area contributed by atoms with Gasteiger partial charge in [-0.3, -0.25) is 19.3 Å². The van der Waals surface area contributed by atoms with Crippen LogP contribution < -0.4 is 10.1 Å². The maximum Gasteiger partial charge on any atom is 0.261 e. The quantitative estimate of drug-likeness (QED) is 0.713. The predicted octanol–water partition coefficient (Wildman–Crippen LogP) is 2.32. The largest absolute Gasteiger partial charge is 0.497 e. The number of hydrogen-bond donors (Lipinski definition) is 1. The van der Waals surface area contributed by atoms with E-state index in [0.717, 1.165) is 25.2 Å². The first kappa shape index (κ1) is 20.1. The van der Waals surface area contributed by atoms with Gasteiger partial charge in [0.2, 0.25) is 0 Å². The van der Waals surface area contributed by atoms with Crippen LogP contribution in [-0.2, 0) is 6.54 Å². The summed E-state index contributed by atoms with van der Waals surface area (Å²) >= 11 is 0. The molecule has 1 N–H and O–H groups in total. The van der Waals surface area contributed by atoms with Crippen LogP contribution in [0.1, 0.15) is 49.5 Å². The van der Waals surface area contributed by atoms with Gasteiger partial charge in [-0.1, -0.05) is 12.1 Å². The maximum atomic E-state index is 12.8. The summed E-state index contributed by atoms with van der Waals surface area (Å²) in [7, 11) is 1.58. The van der Waals surface area contributed by atoms with E-state index >= 15 is 0 Å². The minimum Gasteiger partial charge on any atom is -0.497 e. The van der Waals surface area contributed by atoms with E-state index in [-0.39, 0.29) is 29.8 Å². The minimum absolute atomic E-state index is 0.174. The highest BCUT2D eigenvalue weighted by Gasteiger charge is 2.36. The molecule has 0 saturated carbocycles. The van der Waals surface area contributed by atoms with Crippen molar-refractivity contribution in [3.05, 3.63) is 64.7 Å². The van der Waals surface area contributed by atoms with Crippen molar-refractivity contribution in [2.75, 3.05) is 33.3 Å². The molecule has 2 aliphatic heterocycles. The fourth-order valence-electron chi connectivity index (χ4n) is 3.92. The number of methoxy groups -OCH3 is 1. The van der Waals surface area contributed by atoms with Gasteiger partial charge in [0.25, 0.3) is 17.7 Å². The van der Waals surface area contributed by atoms with Crippen molar-refractivity contribution >= 4 is 17.7 Å². The highest BCUT2D eigenvalue weighted by atomic mass is 16.5.